The summed E-state index contributed by atoms with van der Waals surface area (Å²) in [5, 5.41) is 5.67. The van der Waals surface area contributed by atoms with E-state index in [1.807, 2.05) is 47.5 Å². The zero-order chi connectivity index (χ0) is 14.8. The maximum absolute atomic E-state index is 5.51. The summed E-state index contributed by atoms with van der Waals surface area (Å²) in [5.41, 5.74) is 0.947. The fourth-order valence-electron chi connectivity index (χ4n) is 2.27. The molecule has 2 aliphatic heterocycles. The van der Waals surface area contributed by atoms with Crippen LogP contribution in [0.3, 0.4) is 0 Å². The van der Waals surface area contributed by atoms with Crippen LogP contribution in [-0.2, 0) is 4.94 Å². The number of amidine groups is 1. The van der Waals surface area contributed by atoms with Crippen LogP contribution >= 0.6 is 0 Å². The number of hydrogen-bond acceptors (Lipinski definition) is 7. The van der Waals surface area contributed by atoms with Gasteiger partial charge in [0.05, 0.1) is 0 Å². The molecule has 1 atom stereocenters. The molecule has 22 heavy (non-hydrogen) atoms. The third-order valence-electron chi connectivity index (χ3n) is 3.25. The first-order valence-electron chi connectivity index (χ1n) is 6.78. The van der Waals surface area contributed by atoms with Gasteiger partial charge in [0.2, 0.25) is 6.29 Å². The molecule has 0 spiro atoms. The SMILES string of the molecule is C1=CN2C(c3ccccc3)=NON(c3ncccn3)[C@@H]2N=C1. The molecular formula is C15H12N6O. The highest BCUT2D eigenvalue weighted by Crippen LogP contribution is 2.24. The van der Waals surface area contributed by atoms with E-state index in [1.54, 1.807) is 24.7 Å². The summed E-state index contributed by atoms with van der Waals surface area (Å²) in [5.74, 6) is 1.09. The first-order chi connectivity index (χ1) is 10.9. The van der Waals surface area contributed by atoms with Crippen LogP contribution < -0.4 is 5.06 Å². The van der Waals surface area contributed by atoms with Crippen molar-refractivity contribution in [3.05, 3.63) is 66.6 Å². The zero-order valence-corrected chi connectivity index (χ0v) is 11.5. The van der Waals surface area contributed by atoms with Crippen molar-refractivity contribution in [2.45, 2.75) is 6.29 Å². The van der Waals surface area contributed by atoms with Gasteiger partial charge in [0.1, 0.15) is 0 Å². The molecule has 0 N–H and O–H groups in total. The molecule has 108 valence electrons. The lowest BCUT2D eigenvalue weighted by atomic mass is 10.2. The minimum Gasteiger partial charge on any atom is -0.287 e. The maximum atomic E-state index is 5.51. The Bertz CT molecular complexity index is 743. The molecule has 1 aromatic carbocycles. The van der Waals surface area contributed by atoms with Gasteiger partial charge in [-0.15, -0.1) is 5.06 Å². The van der Waals surface area contributed by atoms with Crippen LogP contribution in [0.4, 0.5) is 5.95 Å². The number of oxime groups is 1. The van der Waals surface area contributed by atoms with Crippen LogP contribution in [-0.4, -0.2) is 33.2 Å². The highest BCUT2D eigenvalue weighted by Gasteiger charge is 2.35. The number of benzene rings is 1. The van der Waals surface area contributed by atoms with Crippen molar-refractivity contribution in [1.29, 1.82) is 0 Å². The molecular weight excluding hydrogens is 280 g/mol. The number of nitrogens with zero attached hydrogens (tertiary/aromatic N) is 6. The van der Waals surface area contributed by atoms with Crippen LogP contribution in [0, 0.1) is 0 Å². The summed E-state index contributed by atoms with van der Waals surface area (Å²) >= 11 is 0. The number of hydrogen-bond donors (Lipinski definition) is 0. The Labute approximate surface area is 126 Å². The minimum atomic E-state index is -0.430. The lowest BCUT2D eigenvalue weighted by molar-refractivity contribution is 0.0422. The molecule has 3 heterocycles. The minimum absolute atomic E-state index is 0.404. The van der Waals surface area contributed by atoms with Crippen LogP contribution in [0.2, 0.25) is 0 Å². The molecule has 0 saturated heterocycles. The predicted molar refractivity (Wildman–Crippen MR) is 81.8 cm³/mol. The molecule has 2 aliphatic rings. The molecule has 1 aromatic heterocycles. The maximum Gasteiger partial charge on any atom is 0.265 e. The van der Waals surface area contributed by atoms with Crippen LogP contribution in [0.15, 0.2) is 71.2 Å². The second kappa shape index (κ2) is 5.28. The van der Waals surface area contributed by atoms with E-state index in [0.29, 0.717) is 11.8 Å². The van der Waals surface area contributed by atoms with E-state index in [-0.39, 0.29) is 0 Å². The molecule has 0 amide bonds. The molecule has 0 fully saturated rings. The molecule has 0 aliphatic carbocycles. The Balaban J connectivity index is 1.75. The quantitative estimate of drug-likeness (QED) is 0.844. The van der Waals surface area contributed by atoms with E-state index in [0.717, 1.165) is 5.56 Å². The third-order valence-corrected chi connectivity index (χ3v) is 3.25. The fraction of sp³-hybridized carbons (Fsp3) is 0.0667. The van der Waals surface area contributed by atoms with Crippen molar-refractivity contribution < 1.29 is 4.94 Å². The van der Waals surface area contributed by atoms with Gasteiger partial charge in [-0.25, -0.2) is 15.0 Å². The summed E-state index contributed by atoms with van der Waals surface area (Å²) < 4.78 is 0. The average molecular weight is 292 g/mol. The molecule has 0 saturated carbocycles. The standard InChI is InChI=1S/C15H12N6O/c1-2-6-12(7-3-1)13-19-22-21(14-16-8-4-9-17-14)15-18-10-5-11-20(13)15/h1-11,15H/t15-/m1/s1. The van der Waals surface area contributed by atoms with Gasteiger partial charge in [0, 0.05) is 30.4 Å². The van der Waals surface area contributed by atoms with Crippen molar-refractivity contribution in [2.24, 2.45) is 10.1 Å². The van der Waals surface area contributed by atoms with Crippen molar-refractivity contribution >= 4 is 18.0 Å². The normalized spacial score (nSPS) is 19.5. The highest BCUT2D eigenvalue weighted by molar-refractivity contribution is 6.00. The van der Waals surface area contributed by atoms with E-state index in [4.69, 9.17) is 4.94 Å². The predicted octanol–water partition coefficient (Wildman–Crippen LogP) is 1.77. The zero-order valence-electron chi connectivity index (χ0n) is 11.5. The first kappa shape index (κ1) is 12.5. The Morgan fingerprint density at radius 1 is 1.00 bits per heavy atom. The van der Waals surface area contributed by atoms with Crippen molar-refractivity contribution in [2.75, 3.05) is 5.06 Å². The van der Waals surface area contributed by atoms with Crippen LogP contribution in [0.5, 0.6) is 0 Å². The van der Waals surface area contributed by atoms with E-state index in [1.165, 1.54) is 5.06 Å². The van der Waals surface area contributed by atoms with Gasteiger partial charge in [-0.1, -0.05) is 30.3 Å². The van der Waals surface area contributed by atoms with Gasteiger partial charge < -0.3 is 0 Å². The van der Waals surface area contributed by atoms with Crippen LogP contribution in [0.25, 0.3) is 0 Å². The van der Waals surface area contributed by atoms with E-state index < -0.39 is 6.29 Å². The molecule has 7 nitrogen and oxygen atoms in total. The van der Waals surface area contributed by atoms with Gasteiger partial charge in [0.25, 0.3) is 5.95 Å². The summed E-state index contributed by atoms with van der Waals surface area (Å²) in [7, 11) is 0. The highest BCUT2D eigenvalue weighted by atomic mass is 16.8. The Kier molecular flexibility index (Phi) is 3.01. The van der Waals surface area contributed by atoms with Gasteiger partial charge in [-0.2, -0.15) is 0 Å². The number of fused-ring (bicyclic) bond motifs is 1. The molecule has 2 aromatic rings. The fourth-order valence-corrected chi connectivity index (χ4v) is 2.27. The number of rotatable bonds is 2. The molecule has 0 unspecified atom stereocenters. The van der Waals surface area contributed by atoms with Gasteiger partial charge in [-0.05, 0) is 17.3 Å². The second-order valence-corrected chi connectivity index (χ2v) is 4.63. The number of aliphatic imine (C=N–C) groups is 1. The summed E-state index contributed by atoms with van der Waals surface area (Å²) in [6, 6.07) is 11.6. The van der Waals surface area contributed by atoms with Gasteiger partial charge in [0.15, 0.2) is 5.84 Å². The van der Waals surface area contributed by atoms with Gasteiger partial charge in [-0.3, -0.25) is 9.84 Å². The second-order valence-electron chi connectivity index (χ2n) is 4.63. The summed E-state index contributed by atoms with van der Waals surface area (Å²) in [4.78, 5) is 20.2. The largest absolute Gasteiger partial charge is 0.287 e. The Hall–Kier alpha value is -3.22. The number of aromatic nitrogens is 2. The summed E-state index contributed by atoms with van der Waals surface area (Å²) in [6.45, 7) is 0. The number of hydroxylamine groups is 1. The smallest absolute Gasteiger partial charge is 0.265 e. The van der Waals surface area contributed by atoms with Gasteiger partial charge >= 0.3 is 0 Å². The Morgan fingerprint density at radius 2 is 1.82 bits per heavy atom. The monoisotopic (exact) mass is 292 g/mol. The lowest BCUT2D eigenvalue weighted by Gasteiger charge is -2.38. The molecule has 0 bridgehead atoms. The van der Waals surface area contributed by atoms with E-state index in [9.17, 15) is 0 Å². The van der Waals surface area contributed by atoms with Crippen molar-refractivity contribution in [3.63, 3.8) is 0 Å². The summed E-state index contributed by atoms with van der Waals surface area (Å²) in [6.07, 6.45) is 8.34. The van der Waals surface area contributed by atoms with Crippen molar-refractivity contribution in [3.8, 4) is 0 Å². The molecule has 0 radical (unpaired) electrons. The molecule has 4 rings (SSSR count). The van der Waals surface area contributed by atoms with E-state index in [2.05, 4.69) is 20.1 Å². The molecule has 7 heteroatoms. The van der Waals surface area contributed by atoms with Crippen LogP contribution in [0.1, 0.15) is 5.56 Å². The average Bonchev–Trinajstić information content (AvgIpc) is 2.62. The van der Waals surface area contributed by atoms with Crippen molar-refractivity contribution in [1.82, 2.24) is 14.9 Å². The number of anilines is 1. The topological polar surface area (TPSA) is 66.2 Å². The van der Waals surface area contributed by atoms with E-state index >= 15 is 0 Å². The number of allylic oxidation sites excluding steroid dienone is 1. The lowest BCUT2D eigenvalue weighted by Crippen LogP contribution is -2.52. The Morgan fingerprint density at radius 3 is 2.64 bits per heavy atom. The third kappa shape index (κ3) is 2.08. The first-order valence-corrected chi connectivity index (χ1v) is 6.78.